The van der Waals surface area contributed by atoms with Gasteiger partial charge in [0.25, 0.3) is 0 Å². The Morgan fingerprint density at radius 2 is 1.61 bits per heavy atom. The van der Waals surface area contributed by atoms with Crippen LogP contribution < -0.4 is 9.47 Å². The monoisotopic (exact) mass is 311 g/mol. The van der Waals surface area contributed by atoms with Gasteiger partial charge in [0.15, 0.2) is 11.5 Å². The van der Waals surface area contributed by atoms with Gasteiger partial charge in [0.05, 0.1) is 6.10 Å². The molecule has 2 aromatic rings. The molecule has 0 spiro atoms. The van der Waals surface area contributed by atoms with E-state index in [0.717, 1.165) is 49.5 Å². The molecule has 1 saturated heterocycles. The summed E-state index contributed by atoms with van der Waals surface area (Å²) in [5.74, 6) is 1.64. The molecule has 1 N–H and O–H groups in total. The third-order valence-electron chi connectivity index (χ3n) is 4.62. The van der Waals surface area contributed by atoms with Crippen LogP contribution in [0.25, 0.3) is 11.1 Å². The van der Waals surface area contributed by atoms with Crippen molar-refractivity contribution < 1.29 is 14.6 Å². The van der Waals surface area contributed by atoms with E-state index in [1.165, 1.54) is 11.1 Å². The van der Waals surface area contributed by atoms with Crippen LogP contribution in [0.4, 0.5) is 0 Å². The van der Waals surface area contributed by atoms with Crippen molar-refractivity contribution in [3.63, 3.8) is 0 Å². The molecule has 2 aliphatic rings. The second-order valence-corrected chi connectivity index (χ2v) is 6.27. The van der Waals surface area contributed by atoms with Crippen molar-refractivity contribution >= 4 is 0 Å². The highest BCUT2D eigenvalue weighted by molar-refractivity contribution is 5.67. The highest BCUT2D eigenvalue weighted by Crippen LogP contribution is 2.35. The molecule has 4 heteroatoms. The second kappa shape index (κ2) is 6.22. The Morgan fingerprint density at radius 3 is 2.39 bits per heavy atom. The third-order valence-corrected chi connectivity index (χ3v) is 4.62. The zero-order chi connectivity index (χ0) is 15.6. The molecule has 0 bridgehead atoms. The Bertz CT molecular complexity index is 676. The van der Waals surface area contributed by atoms with Crippen LogP contribution in [0.2, 0.25) is 0 Å². The maximum Gasteiger partial charge on any atom is 0.231 e. The summed E-state index contributed by atoms with van der Waals surface area (Å²) in [7, 11) is 0. The molecule has 2 aliphatic heterocycles. The summed E-state index contributed by atoms with van der Waals surface area (Å²) in [5, 5.41) is 9.58. The predicted molar refractivity (Wildman–Crippen MR) is 88.5 cm³/mol. The first-order valence-corrected chi connectivity index (χ1v) is 8.17. The molecular formula is C19H21NO3. The number of ether oxygens (including phenoxy) is 2. The van der Waals surface area contributed by atoms with Crippen LogP contribution >= 0.6 is 0 Å². The summed E-state index contributed by atoms with van der Waals surface area (Å²) in [6.45, 7) is 3.21. The SMILES string of the molecule is OC1CCN(Cc2ccc(-c3ccc4c(c3)OCO4)cc2)CC1. The third kappa shape index (κ3) is 3.19. The molecule has 2 heterocycles. The Balaban J connectivity index is 1.45. The van der Waals surface area contributed by atoms with Crippen LogP contribution in [0.3, 0.4) is 0 Å². The van der Waals surface area contributed by atoms with E-state index in [-0.39, 0.29) is 6.10 Å². The standard InChI is InChI=1S/C19H21NO3/c21-17-7-9-20(10-8-17)12-14-1-3-15(4-2-14)16-5-6-18-19(11-16)23-13-22-18/h1-6,11,17,21H,7-10,12-13H2. The van der Waals surface area contributed by atoms with Gasteiger partial charge in [-0.2, -0.15) is 0 Å². The Morgan fingerprint density at radius 1 is 0.913 bits per heavy atom. The van der Waals surface area contributed by atoms with Gasteiger partial charge in [0, 0.05) is 19.6 Å². The molecule has 0 atom stereocenters. The van der Waals surface area contributed by atoms with Gasteiger partial charge in [-0.3, -0.25) is 4.90 Å². The summed E-state index contributed by atoms with van der Waals surface area (Å²) in [6, 6.07) is 14.7. The molecule has 0 unspecified atom stereocenters. The summed E-state index contributed by atoms with van der Waals surface area (Å²) < 4.78 is 10.8. The Hall–Kier alpha value is -2.04. The number of likely N-dealkylation sites (tertiary alicyclic amines) is 1. The van der Waals surface area contributed by atoms with Crippen molar-refractivity contribution in [1.29, 1.82) is 0 Å². The Labute approximate surface area is 136 Å². The fourth-order valence-electron chi connectivity index (χ4n) is 3.21. The highest BCUT2D eigenvalue weighted by atomic mass is 16.7. The summed E-state index contributed by atoms with van der Waals surface area (Å²) in [4.78, 5) is 2.41. The topological polar surface area (TPSA) is 41.9 Å². The van der Waals surface area contributed by atoms with E-state index in [4.69, 9.17) is 9.47 Å². The predicted octanol–water partition coefficient (Wildman–Crippen LogP) is 3.04. The maximum absolute atomic E-state index is 9.58. The average Bonchev–Trinajstić information content (AvgIpc) is 3.05. The van der Waals surface area contributed by atoms with Crippen LogP contribution in [0.1, 0.15) is 18.4 Å². The first-order chi connectivity index (χ1) is 11.3. The van der Waals surface area contributed by atoms with Crippen molar-refractivity contribution in [2.24, 2.45) is 0 Å². The van der Waals surface area contributed by atoms with Crippen LogP contribution in [-0.2, 0) is 6.54 Å². The Kier molecular flexibility index (Phi) is 3.93. The number of piperidine rings is 1. The van der Waals surface area contributed by atoms with Gasteiger partial charge in [-0.1, -0.05) is 30.3 Å². The lowest BCUT2D eigenvalue weighted by atomic mass is 10.0. The van der Waals surface area contributed by atoms with Gasteiger partial charge in [-0.05, 0) is 41.7 Å². The quantitative estimate of drug-likeness (QED) is 0.946. The number of aliphatic hydroxyl groups is 1. The molecule has 23 heavy (non-hydrogen) atoms. The van der Waals surface area contributed by atoms with Gasteiger partial charge >= 0.3 is 0 Å². The molecule has 0 saturated carbocycles. The van der Waals surface area contributed by atoms with Gasteiger partial charge in [-0.25, -0.2) is 0 Å². The van der Waals surface area contributed by atoms with E-state index in [2.05, 4.69) is 35.2 Å². The molecule has 1 fully saturated rings. The molecule has 0 aromatic heterocycles. The zero-order valence-corrected chi connectivity index (χ0v) is 13.1. The zero-order valence-electron chi connectivity index (χ0n) is 13.1. The van der Waals surface area contributed by atoms with Crippen molar-refractivity contribution in [3.8, 4) is 22.6 Å². The molecular weight excluding hydrogens is 290 g/mol. The first-order valence-electron chi connectivity index (χ1n) is 8.17. The molecule has 120 valence electrons. The fraction of sp³-hybridized carbons (Fsp3) is 0.368. The number of rotatable bonds is 3. The van der Waals surface area contributed by atoms with Crippen LogP contribution in [0.15, 0.2) is 42.5 Å². The minimum Gasteiger partial charge on any atom is -0.454 e. The largest absolute Gasteiger partial charge is 0.454 e. The minimum absolute atomic E-state index is 0.111. The van der Waals surface area contributed by atoms with Crippen molar-refractivity contribution in [1.82, 2.24) is 4.90 Å². The number of aliphatic hydroxyl groups excluding tert-OH is 1. The van der Waals surface area contributed by atoms with Crippen LogP contribution in [0.5, 0.6) is 11.5 Å². The van der Waals surface area contributed by atoms with E-state index in [1.807, 2.05) is 12.1 Å². The summed E-state index contributed by atoms with van der Waals surface area (Å²) in [6.07, 6.45) is 1.66. The van der Waals surface area contributed by atoms with Gasteiger partial charge in [0.2, 0.25) is 6.79 Å². The molecule has 4 rings (SSSR count). The second-order valence-electron chi connectivity index (χ2n) is 6.27. The fourth-order valence-corrected chi connectivity index (χ4v) is 3.21. The van der Waals surface area contributed by atoms with Crippen LogP contribution in [-0.4, -0.2) is 36.0 Å². The number of fused-ring (bicyclic) bond motifs is 1. The van der Waals surface area contributed by atoms with Crippen molar-refractivity contribution in [2.75, 3.05) is 19.9 Å². The number of hydrogen-bond donors (Lipinski definition) is 1. The maximum atomic E-state index is 9.58. The van der Waals surface area contributed by atoms with Crippen molar-refractivity contribution in [2.45, 2.75) is 25.5 Å². The lowest BCUT2D eigenvalue weighted by Gasteiger charge is -2.29. The average molecular weight is 311 g/mol. The first kappa shape index (κ1) is 14.5. The number of hydrogen-bond acceptors (Lipinski definition) is 4. The normalized spacial score (nSPS) is 18.3. The van der Waals surface area contributed by atoms with Gasteiger partial charge < -0.3 is 14.6 Å². The molecule has 0 amide bonds. The van der Waals surface area contributed by atoms with E-state index < -0.39 is 0 Å². The smallest absolute Gasteiger partial charge is 0.231 e. The van der Waals surface area contributed by atoms with Gasteiger partial charge in [-0.15, -0.1) is 0 Å². The number of nitrogens with zero attached hydrogens (tertiary/aromatic N) is 1. The van der Waals surface area contributed by atoms with E-state index in [0.29, 0.717) is 6.79 Å². The summed E-state index contributed by atoms with van der Waals surface area (Å²) in [5.41, 5.74) is 3.63. The minimum atomic E-state index is -0.111. The van der Waals surface area contributed by atoms with Gasteiger partial charge in [0.1, 0.15) is 0 Å². The summed E-state index contributed by atoms with van der Waals surface area (Å²) >= 11 is 0. The molecule has 0 aliphatic carbocycles. The van der Waals surface area contributed by atoms with E-state index in [1.54, 1.807) is 0 Å². The lowest BCUT2D eigenvalue weighted by molar-refractivity contribution is 0.0792. The molecule has 0 radical (unpaired) electrons. The van der Waals surface area contributed by atoms with Crippen molar-refractivity contribution in [3.05, 3.63) is 48.0 Å². The highest BCUT2D eigenvalue weighted by Gasteiger charge is 2.17. The molecule has 4 nitrogen and oxygen atoms in total. The van der Waals surface area contributed by atoms with E-state index in [9.17, 15) is 5.11 Å². The van der Waals surface area contributed by atoms with Crippen LogP contribution in [0, 0.1) is 0 Å². The molecule has 2 aromatic carbocycles. The lowest BCUT2D eigenvalue weighted by Crippen LogP contribution is -2.35. The van der Waals surface area contributed by atoms with E-state index >= 15 is 0 Å². The number of benzene rings is 2.